The highest BCUT2D eigenvalue weighted by Crippen LogP contribution is 2.43. The van der Waals surface area contributed by atoms with E-state index in [0.717, 1.165) is 13.0 Å². The van der Waals surface area contributed by atoms with Crippen LogP contribution in [0.25, 0.3) is 0 Å². The van der Waals surface area contributed by atoms with Crippen molar-refractivity contribution in [2.45, 2.75) is 38.3 Å². The first kappa shape index (κ1) is 15.8. The van der Waals surface area contributed by atoms with Gasteiger partial charge in [-0.1, -0.05) is 6.92 Å². The van der Waals surface area contributed by atoms with Gasteiger partial charge in [-0.25, -0.2) is 0 Å². The molecule has 0 saturated carbocycles. The van der Waals surface area contributed by atoms with E-state index in [2.05, 4.69) is 19.9 Å². The van der Waals surface area contributed by atoms with Crippen molar-refractivity contribution >= 4 is 0 Å². The molecule has 0 atom stereocenters. The molecular formula is C10H14F5N3O. The van der Waals surface area contributed by atoms with Crippen LogP contribution in [-0.4, -0.2) is 29.5 Å². The molecule has 0 amide bonds. The molecule has 110 valence electrons. The Morgan fingerprint density at radius 1 is 1.11 bits per heavy atom. The molecule has 0 fully saturated rings. The zero-order valence-electron chi connectivity index (χ0n) is 10.2. The van der Waals surface area contributed by atoms with E-state index < -0.39 is 18.0 Å². The van der Waals surface area contributed by atoms with Gasteiger partial charge in [0.15, 0.2) is 0 Å². The molecule has 1 rings (SSSR count). The van der Waals surface area contributed by atoms with Crippen molar-refractivity contribution in [2.24, 2.45) is 0 Å². The highest BCUT2D eigenvalue weighted by atomic mass is 19.4. The number of rotatable bonds is 7. The van der Waals surface area contributed by atoms with Gasteiger partial charge < -0.3 is 9.73 Å². The molecule has 0 aliphatic heterocycles. The molecule has 1 heterocycles. The lowest BCUT2D eigenvalue weighted by Crippen LogP contribution is -2.34. The molecule has 0 aromatic carbocycles. The van der Waals surface area contributed by atoms with Gasteiger partial charge in [0.1, 0.15) is 0 Å². The van der Waals surface area contributed by atoms with Gasteiger partial charge in [-0.3, -0.25) is 0 Å². The van der Waals surface area contributed by atoms with E-state index in [-0.39, 0.29) is 12.3 Å². The monoisotopic (exact) mass is 287 g/mol. The summed E-state index contributed by atoms with van der Waals surface area (Å²) in [7, 11) is 0. The van der Waals surface area contributed by atoms with E-state index in [9.17, 15) is 22.0 Å². The predicted octanol–water partition coefficient (Wildman–Crippen LogP) is 2.66. The number of aromatic nitrogens is 2. The summed E-state index contributed by atoms with van der Waals surface area (Å²) in [6.07, 6.45) is -4.13. The van der Waals surface area contributed by atoms with Crippen LogP contribution in [-0.2, 0) is 12.3 Å². The van der Waals surface area contributed by atoms with Gasteiger partial charge in [-0.15, -0.1) is 10.2 Å². The number of halogens is 5. The normalized spacial score (nSPS) is 12.9. The minimum atomic E-state index is -5.74. The minimum Gasteiger partial charge on any atom is -0.419 e. The number of hydrogen-bond donors (Lipinski definition) is 1. The second-order valence-corrected chi connectivity index (χ2v) is 3.93. The third-order valence-electron chi connectivity index (χ3n) is 2.26. The number of hydrogen-bond acceptors (Lipinski definition) is 4. The molecule has 0 aliphatic rings. The number of nitrogens with zero attached hydrogens (tertiary/aromatic N) is 2. The van der Waals surface area contributed by atoms with Crippen molar-refractivity contribution in [3.63, 3.8) is 0 Å². The molecule has 1 aromatic rings. The van der Waals surface area contributed by atoms with Crippen LogP contribution in [0.15, 0.2) is 4.42 Å². The Hall–Kier alpha value is -1.25. The largest absolute Gasteiger partial charge is 0.463 e. The van der Waals surface area contributed by atoms with E-state index in [4.69, 9.17) is 0 Å². The molecular weight excluding hydrogens is 273 g/mol. The average molecular weight is 287 g/mol. The number of alkyl halides is 5. The highest BCUT2D eigenvalue weighted by Gasteiger charge is 2.62. The summed E-state index contributed by atoms with van der Waals surface area (Å²) in [5.41, 5.74) is 0. The van der Waals surface area contributed by atoms with Crippen LogP contribution in [0.5, 0.6) is 0 Å². The first-order valence-corrected chi connectivity index (χ1v) is 5.77. The Balaban J connectivity index is 2.53. The maximum absolute atomic E-state index is 12.8. The summed E-state index contributed by atoms with van der Waals surface area (Å²) < 4.78 is 66.1. The van der Waals surface area contributed by atoms with Crippen molar-refractivity contribution < 1.29 is 26.4 Å². The second-order valence-electron chi connectivity index (χ2n) is 3.93. The molecule has 0 aliphatic carbocycles. The van der Waals surface area contributed by atoms with Crippen molar-refractivity contribution in [2.75, 3.05) is 13.1 Å². The summed E-state index contributed by atoms with van der Waals surface area (Å²) >= 11 is 0. The standard InChI is InChI=1S/C10H14F5N3O/c1-2-5-16-6-3-4-7-17-18-8(19-7)9(11,12)10(13,14)15/h16H,2-6H2,1H3. The average Bonchev–Trinajstić information content (AvgIpc) is 2.76. The number of aryl methyl sites for hydroxylation is 1. The van der Waals surface area contributed by atoms with Gasteiger partial charge in [0.25, 0.3) is 5.89 Å². The summed E-state index contributed by atoms with van der Waals surface area (Å²) in [5, 5.41) is 9.00. The van der Waals surface area contributed by atoms with Crippen LogP contribution >= 0.6 is 0 Å². The Labute approximate surface area is 106 Å². The lowest BCUT2D eigenvalue weighted by molar-refractivity contribution is -0.297. The van der Waals surface area contributed by atoms with Gasteiger partial charge in [0.2, 0.25) is 5.89 Å². The van der Waals surface area contributed by atoms with Gasteiger partial charge in [-0.2, -0.15) is 22.0 Å². The lowest BCUT2D eigenvalue weighted by atomic mass is 10.3. The zero-order chi connectivity index (χ0) is 14.5. The fourth-order valence-corrected chi connectivity index (χ4v) is 1.27. The van der Waals surface area contributed by atoms with E-state index in [0.29, 0.717) is 13.0 Å². The molecule has 0 saturated heterocycles. The van der Waals surface area contributed by atoms with Crippen LogP contribution < -0.4 is 5.32 Å². The van der Waals surface area contributed by atoms with Crippen molar-refractivity contribution in [1.82, 2.24) is 15.5 Å². The summed E-state index contributed by atoms with van der Waals surface area (Å²) in [6, 6.07) is 0. The molecule has 0 bridgehead atoms. The molecule has 0 unspecified atom stereocenters. The summed E-state index contributed by atoms with van der Waals surface area (Å²) in [6.45, 7) is 3.39. The molecule has 1 N–H and O–H groups in total. The highest BCUT2D eigenvalue weighted by molar-refractivity contribution is 4.95. The number of nitrogens with one attached hydrogen (secondary N) is 1. The smallest absolute Gasteiger partial charge is 0.419 e. The van der Waals surface area contributed by atoms with E-state index in [1.165, 1.54) is 0 Å². The fraction of sp³-hybridized carbons (Fsp3) is 0.800. The summed E-state index contributed by atoms with van der Waals surface area (Å²) in [4.78, 5) is 0. The van der Waals surface area contributed by atoms with Crippen molar-refractivity contribution in [3.8, 4) is 0 Å². The lowest BCUT2D eigenvalue weighted by Gasteiger charge is -2.14. The molecule has 9 heteroatoms. The topological polar surface area (TPSA) is 51.0 Å². The molecule has 1 aromatic heterocycles. The Kier molecular flexibility index (Phi) is 5.21. The van der Waals surface area contributed by atoms with Gasteiger partial charge in [0.05, 0.1) is 0 Å². The molecule has 0 radical (unpaired) electrons. The third kappa shape index (κ3) is 4.12. The van der Waals surface area contributed by atoms with Gasteiger partial charge in [0, 0.05) is 6.42 Å². The van der Waals surface area contributed by atoms with Crippen LogP contribution in [0, 0.1) is 0 Å². The molecule has 4 nitrogen and oxygen atoms in total. The molecule has 19 heavy (non-hydrogen) atoms. The third-order valence-corrected chi connectivity index (χ3v) is 2.26. The predicted molar refractivity (Wildman–Crippen MR) is 55.7 cm³/mol. The quantitative estimate of drug-likeness (QED) is 0.619. The van der Waals surface area contributed by atoms with E-state index >= 15 is 0 Å². The van der Waals surface area contributed by atoms with Crippen molar-refractivity contribution in [3.05, 3.63) is 11.8 Å². The van der Waals surface area contributed by atoms with Crippen LogP contribution in [0.3, 0.4) is 0 Å². The second kappa shape index (κ2) is 6.27. The minimum absolute atomic E-state index is 0.150. The Bertz CT molecular complexity index is 391. The zero-order valence-corrected chi connectivity index (χ0v) is 10.2. The Morgan fingerprint density at radius 2 is 1.79 bits per heavy atom. The van der Waals surface area contributed by atoms with Crippen LogP contribution in [0.4, 0.5) is 22.0 Å². The molecule has 0 spiro atoms. The SMILES string of the molecule is CCCNCCCc1nnc(C(F)(F)C(F)(F)F)o1. The maximum atomic E-state index is 12.8. The Morgan fingerprint density at radius 3 is 2.37 bits per heavy atom. The van der Waals surface area contributed by atoms with Gasteiger partial charge in [-0.05, 0) is 25.9 Å². The fourth-order valence-electron chi connectivity index (χ4n) is 1.27. The van der Waals surface area contributed by atoms with Crippen LogP contribution in [0.1, 0.15) is 31.5 Å². The van der Waals surface area contributed by atoms with E-state index in [1.807, 2.05) is 6.92 Å². The summed E-state index contributed by atoms with van der Waals surface area (Å²) in [5.74, 6) is -7.05. The van der Waals surface area contributed by atoms with Crippen molar-refractivity contribution in [1.29, 1.82) is 0 Å². The van der Waals surface area contributed by atoms with Gasteiger partial charge >= 0.3 is 12.1 Å². The maximum Gasteiger partial charge on any atom is 0.463 e. The van der Waals surface area contributed by atoms with E-state index in [1.54, 1.807) is 0 Å². The first-order valence-electron chi connectivity index (χ1n) is 5.77. The van der Waals surface area contributed by atoms with Crippen LogP contribution in [0.2, 0.25) is 0 Å². The first-order chi connectivity index (χ1) is 8.79.